The van der Waals surface area contributed by atoms with Crippen molar-refractivity contribution in [1.29, 1.82) is 0 Å². The molecule has 6 rings (SSSR count). The Labute approximate surface area is 189 Å². The Bertz CT molecular complexity index is 1060. The summed E-state index contributed by atoms with van der Waals surface area (Å²) in [5.41, 5.74) is -0.384. The molecule has 2 aromatic rings. The minimum Gasteiger partial charge on any atom is -0.461 e. The van der Waals surface area contributed by atoms with E-state index >= 15 is 0 Å². The maximum Gasteiger partial charge on any atom is 0.319 e. The lowest BCUT2D eigenvalue weighted by molar-refractivity contribution is -0.0743. The zero-order chi connectivity index (χ0) is 21.9. The number of ether oxygens (including phenoxy) is 2. The van der Waals surface area contributed by atoms with Gasteiger partial charge in [-0.05, 0) is 19.4 Å². The third-order valence-corrected chi connectivity index (χ3v) is 7.53. The molecule has 4 fully saturated rings. The summed E-state index contributed by atoms with van der Waals surface area (Å²) >= 11 is 5.95. The monoisotopic (exact) mass is 466 g/mol. The zero-order valence-corrected chi connectivity index (χ0v) is 18.4. The number of hydrogen-bond acceptors (Lipinski definition) is 8. The molecule has 1 N–H and O–H groups in total. The Kier molecular flexibility index (Phi) is 4.90. The van der Waals surface area contributed by atoms with Gasteiger partial charge in [0.1, 0.15) is 24.1 Å². The van der Waals surface area contributed by atoms with Crippen LogP contribution in [0.1, 0.15) is 19.3 Å². The molecule has 0 aromatic carbocycles. The van der Waals surface area contributed by atoms with E-state index in [1.807, 2.05) is 0 Å². The van der Waals surface area contributed by atoms with Crippen LogP contribution in [0, 0.1) is 5.82 Å². The van der Waals surface area contributed by atoms with Crippen LogP contribution in [0.15, 0.2) is 6.20 Å². The summed E-state index contributed by atoms with van der Waals surface area (Å²) in [6, 6.07) is 0.0784. The van der Waals surface area contributed by atoms with E-state index in [4.69, 9.17) is 21.1 Å². The molecule has 0 aliphatic carbocycles. The van der Waals surface area contributed by atoms with E-state index in [1.54, 1.807) is 0 Å². The second-order valence-electron chi connectivity index (χ2n) is 9.44. The lowest BCUT2D eigenvalue weighted by Gasteiger charge is -2.49. The maximum absolute atomic E-state index is 14.9. The van der Waals surface area contributed by atoms with Gasteiger partial charge in [0, 0.05) is 38.8 Å². The molecule has 11 heteroatoms. The van der Waals surface area contributed by atoms with Crippen LogP contribution in [0.25, 0.3) is 10.9 Å². The highest BCUT2D eigenvalue weighted by Crippen LogP contribution is 2.40. The van der Waals surface area contributed by atoms with Crippen LogP contribution in [-0.2, 0) is 4.74 Å². The number of aromatic nitrogens is 3. The Balaban J connectivity index is 1.35. The molecule has 2 aromatic heterocycles. The van der Waals surface area contributed by atoms with Crippen molar-refractivity contribution in [3.05, 3.63) is 17.2 Å². The quantitative estimate of drug-likeness (QED) is 0.685. The highest BCUT2D eigenvalue weighted by atomic mass is 35.5. The molecule has 2 atom stereocenters. The molecular formula is C21H25ClF2N6O2. The molecular weight excluding hydrogens is 442 g/mol. The molecule has 172 valence electrons. The molecule has 4 aliphatic rings. The summed E-state index contributed by atoms with van der Waals surface area (Å²) in [4.78, 5) is 17.2. The summed E-state index contributed by atoms with van der Waals surface area (Å²) in [6.07, 6.45) is 2.99. The molecule has 0 amide bonds. The lowest BCUT2D eigenvalue weighted by Crippen LogP contribution is -2.70. The van der Waals surface area contributed by atoms with Gasteiger partial charge in [0.25, 0.3) is 0 Å². The minimum atomic E-state index is -0.851. The highest BCUT2D eigenvalue weighted by Gasteiger charge is 2.49. The van der Waals surface area contributed by atoms with Crippen molar-refractivity contribution in [2.24, 2.45) is 0 Å². The number of pyridine rings is 1. The second-order valence-corrected chi connectivity index (χ2v) is 9.80. The van der Waals surface area contributed by atoms with E-state index in [9.17, 15) is 8.78 Å². The van der Waals surface area contributed by atoms with Gasteiger partial charge >= 0.3 is 6.01 Å². The minimum absolute atomic E-state index is 0.0784. The van der Waals surface area contributed by atoms with E-state index in [0.29, 0.717) is 50.5 Å². The first-order valence-electron chi connectivity index (χ1n) is 11.1. The van der Waals surface area contributed by atoms with Crippen molar-refractivity contribution in [1.82, 2.24) is 25.2 Å². The number of piperazine rings is 1. The largest absolute Gasteiger partial charge is 0.461 e. The van der Waals surface area contributed by atoms with E-state index in [1.165, 1.54) is 6.20 Å². The average Bonchev–Trinajstić information content (AvgIpc) is 3.29. The fourth-order valence-electron chi connectivity index (χ4n) is 5.63. The highest BCUT2D eigenvalue weighted by molar-refractivity contribution is 6.30. The molecule has 0 saturated carbocycles. The van der Waals surface area contributed by atoms with Crippen LogP contribution < -0.4 is 15.0 Å². The van der Waals surface area contributed by atoms with Crippen molar-refractivity contribution >= 4 is 28.3 Å². The van der Waals surface area contributed by atoms with Gasteiger partial charge in [-0.3, -0.25) is 4.90 Å². The van der Waals surface area contributed by atoms with Gasteiger partial charge in [0.2, 0.25) is 0 Å². The Morgan fingerprint density at radius 1 is 1.31 bits per heavy atom. The summed E-state index contributed by atoms with van der Waals surface area (Å²) in [6.45, 7) is 4.95. The van der Waals surface area contributed by atoms with Crippen molar-refractivity contribution in [3.63, 3.8) is 0 Å². The van der Waals surface area contributed by atoms with Crippen molar-refractivity contribution in [2.45, 2.75) is 36.5 Å². The fraction of sp³-hybridized carbons (Fsp3) is 0.667. The summed E-state index contributed by atoms with van der Waals surface area (Å²) < 4.78 is 40.5. The Morgan fingerprint density at radius 2 is 2.19 bits per heavy atom. The smallest absolute Gasteiger partial charge is 0.319 e. The molecule has 0 radical (unpaired) electrons. The average molecular weight is 467 g/mol. The van der Waals surface area contributed by atoms with E-state index in [0.717, 1.165) is 25.9 Å². The van der Waals surface area contributed by atoms with Crippen molar-refractivity contribution in [2.75, 3.05) is 57.4 Å². The molecule has 6 heterocycles. The topological polar surface area (TPSA) is 75.6 Å². The van der Waals surface area contributed by atoms with E-state index in [2.05, 4.69) is 30.1 Å². The van der Waals surface area contributed by atoms with Gasteiger partial charge in [-0.2, -0.15) is 9.97 Å². The number of anilines is 1. The van der Waals surface area contributed by atoms with Crippen LogP contribution in [0.4, 0.5) is 14.6 Å². The first kappa shape index (κ1) is 20.7. The standard InChI is InChI=1S/C21H25ClF2N6O2/c22-17-15(24)16-14(7-25-17)18(29-5-3-26-20(9-29)10-31-11-20)28-19(27-16)32-12-21-2-1-4-30(21)8-13(23)6-21/h7,13,26H,1-6,8-12H2/t13-,21+/m1/s1. The molecule has 4 aliphatic heterocycles. The molecule has 0 unspecified atom stereocenters. The summed E-state index contributed by atoms with van der Waals surface area (Å²) in [7, 11) is 0. The Hall–Kier alpha value is -1.88. The third-order valence-electron chi connectivity index (χ3n) is 7.26. The van der Waals surface area contributed by atoms with E-state index in [-0.39, 0.29) is 34.4 Å². The number of nitrogens with zero attached hydrogens (tertiary/aromatic N) is 5. The van der Waals surface area contributed by atoms with Crippen LogP contribution >= 0.6 is 11.6 Å². The van der Waals surface area contributed by atoms with Crippen LogP contribution in [0.2, 0.25) is 5.15 Å². The predicted molar refractivity (Wildman–Crippen MR) is 115 cm³/mol. The Morgan fingerprint density at radius 3 is 3.00 bits per heavy atom. The number of halogens is 3. The van der Waals surface area contributed by atoms with Crippen LogP contribution in [-0.4, -0.2) is 89.6 Å². The molecule has 32 heavy (non-hydrogen) atoms. The third kappa shape index (κ3) is 3.30. The first-order valence-corrected chi connectivity index (χ1v) is 11.5. The molecule has 8 nitrogen and oxygen atoms in total. The fourth-order valence-corrected chi connectivity index (χ4v) is 5.77. The summed E-state index contributed by atoms with van der Waals surface area (Å²) in [5.74, 6) is -0.128. The molecule has 1 spiro atoms. The van der Waals surface area contributed by atoms with Gasteiger partial charge in [-0.25, -0.2) is 13.8 Å². The number of rotatable bonds is 4. The lowest BCUT2D eigenvalue weighted by atomic mass is 9.94. The zero-order valence-electron chi connectivity index (χ0n) is 17.6. The number of nitrogens with one attached hydrogen (secondary N) is 1. The normalized spacial score (nSPS) is 29.5. The predicted octanol–water partition coefficient (Wildman–Crippen LogP) is 1.95. The number of alkyl halides is 1. The van der Waals surface area contributed by atoms with Crippen molar-refractivity contribution in [3.8, 4) is 6.01 Å². The van der Waals surface area contributed by atoms with Crippen molar-refractivity contribution < 1.29 is 18.3 Å². The first-order chi connectivity index (χ1) is 15.5. The van der Waals surface area contributed by atoms with Gasteiger partial charge in [-0.15, -0.1) is 0 Å². The van der Waals surface area contributed by atoms with Gasteiger partial charge in [-0.1, -0.05) is 11.6 Å². The van der Waals surface area contributed by atoms with Gasteiger partial charge in [0.15, 0.2) is 11.0 Å². The SMILES string of the molecule is Fc1c(Cl)ncc2c(N3CCNC4(COC4)C3)nc(OC[C@@]34CCCN3C[C@H](F)C4)nc12. The second kappa shape index (κ2) is 7.58. The number of hydrogen-bond donors (Lipinski definition) is 1. The summed E-state index contributed by atoms with van der Waals surface area (Å²) in [5, 5.41) is 3.76. The number of fused-ring (bicyclic) bond motifs is 2. The maximum atomic E-state index is 14.9. The molecule has 4 saturated heterocycles. The van der Waals surface area contributed by atoms with Gasteiger partial charge in [0.05, 0.1) is 29.7 Å². The van der Waals surface area contributed by atoms with Crippen LogP contribution in [0.3, 0.4) is 0 Å². The van der Waals surface area contributed by atoms with E-state index < -0.39 is 12.0 Å². The van der Waals surface area contributed by atoms with Gasteiger partial charge < -0.3 is 19.7 Å². The van der Waals surface area contributed by atoms with Crippen LogP contribution in [0.5, 0.6) is 6.01 Å². The molecule has 0 bridgehead atoms.